The molecule has 0 aliphatic heterocycles. The summed E-state index contributed by atoms with van der Waals surface area (Å²) in [6.07, 6.45) is 18.1. The Morgan fingerprint density at radius 3 is 1.31 bits per heavy atom. The van der Waals surface area contributed by atoms with E-state index in [4.69, 9.17) is 25.6 Å². The number of hydrogen-bond donors (Lipinski definition) is 7. The predicted molar refractivity (Wildman–Crippen MR) is 181 cm³/mol. The van der Waals surface area contributed by atoms with E-state index in [1.165, 1.54) is 51.4 Å². The van der Waals surface area contributed by atoms with Crippen molar-refractivity contribution in [3.05, 3.63) is 0 Å². The molecular weight excluding hydrogens is 606 g/mol. The first-order valence-electron chi connectivity index (χ1n) is 16.2. The summed E-state index contributed by atoms with van der Waals surface area (Å²) in [6.45, 7) is 7.16. The molecule has 13 nitrogen and oxygen atoms in total. The number of carboxylic acid groups (broad SMARTS) is 1. The Hall–Kier alpha value is -1.84. The van der Waals surface area contributed by atoms with Gasteiger partial charge < -0.3 is 31.7 Å². The minimum atomic E-state index is -4.40. The lowest BCUT2D eigenvalue weighted by molar-refractivity contribution is -0.137. The van der Waals surface area contributed by atoms with Crippen LogP contribution in [0.3, 0.4) is 0 Å². The molecule has 14 heteroatoms. The molecule has 0 aliphatic rings. The summed E-state index contributed by atoms with van der Waals surface area (Å²) in [6, 6.07) is 0. The van der Waals surface area contributed by atoms with Crippen molar-refractivity contribution in [3.8, 4) is 0 Å². The molecule has 0 aromatic carbocycles. The standard InChI is InChI=1S/C10H21NO5S.C10H21NO2.C8H16O2.C2H7NO.CH4/c1-2-3-4-5-6-7-10(12)11-8-9-16-17(13,14)15;1-2-3-4-5-6-7-10(13)11-8-9-12;1-2-3-4-5-6-7-8(9)10;3-1-2-4;/h2-9H2,1H3,(H,11,12)(H,13,14,15);12H,2-9H2,1H3,(H,11,13);2-7H2,1H3,(H,9,10);4H,1-3H2;1H4. The van der Waals surface area contributed by atoms with Crippen molar-refractivity contribution in [2.24, 2.45) is 5.73 Å². The molecule has 274 valence electrons. The molecule has 0 radical (unpaired) electrons. The van der Waals surface area contributed by atoms with Crippen LogP contribution in [0.2, 0.25) is 0 Å². The van der Waals surface area contributed by atoms with Gasteiger partial charge in [-0.15, -0.1) is 0 Å². The van der Waals surface area contributed by atoms with Crippen LogP contribution >= 0.6 is 0 Å². The van der Waals surface area contributed by atoms with Crippen LogP contribution in [-0.4, -0.2) is 85.5 Å². The van der Waals surface area contributed by atoms with Gasteiger partial charge in [0.2, 0.25) is 11.8 Å². The zero-order chi connectivity index (χ0) is 34.3. The Kier molecular flexibility index (Phi) is 51.8. The van der Waals surface area contributed by atoms with Gasteiger partial charge in [0.1, 0.15) is 0 Å². The molecule has 45 heavy (non-hydrogen) atoms. The summed E-state index contributed by atoms with van der Waals surface area (Å²) in [5.41, 5.74) is 4.78. The topological polar surface area (TPSA) is 226 Å². The molecule has 2 amide bonds. The van der Waals surface area contributed by atoms with E-state index >= 15 is 0 Å². The summed E-state index contributed by atoms with van der Waals surface area (Å²) in [5.74, 6) is -0.734. The highest BCUT2D eigenvalue weighted by Gasteiger charge is 2.05. The van der Waals surface area contributed by atoms with E-state index in [0.29, 0.717) is 32.4 Å². The highest BCUT2D eigenvalue weighted by molar-refractivity contribution is 7.80. The smallest absolute Gasteiger partial charge is 0.397 e. The van der Waals surface area contributed by atoms with E-state index in [-0.39, 0.29) is 45.6 Å². The van der Waals surface area contributed by atoms with Gasteiger partial charge in [0.15, 0.2) is 0 Å². The van der Waals surface area contributed by atoms with E-state index < -0.39 is 16.4 Å². The SMILES string of the molecule is C.CCCCCCCC(=O)NCCO.CCCCCCCC(=O)NCCOS(=O)(=O)O.CCCCCCCC(=O)O.NCCO. The molecule has 0 saturated carbocycles. The van der Waals surface area contributed by atoms with E-state index in [0.717, 1.165) is 44.9 Å². The third-order valence-corrected chi connectivity index (χ3v) is 6.19. The molecule has 0 unspecified atom stereocenters. The van der Waals surface area contributed by atoms with Crippen LogP contribution in [0, 0.1) is 0 Å². The monoisotopic (exact) mass is 675 g/mol. The van der Waals surface area contributed by atoms with Gasteiger partial charge in [0, 0.05) is 38.9 Å². The fourth-order valence-electron chi connectivity index (χ4n) is 3.37. The Bertz CT molecular complexity index is 724. The molecule has 0 aromatic rings. The van der Waals surface area contributed by atoms with Crippen molar-refractivity contribution in [2.75, 3.05) is 39.5 Å². The third kappa shape index (κ3) is 65.7. The third-order valence-electron chi connectivity index (χ3n) is 5.73. The van der Waals surface area contributed by atoms with Crippen molar-refractivity contribution in [3.63, 3.8) is 0 Å². The molecule has 0 rings (SSSR count). The molecule has 8 N–H and O–H groups in total. The number of aliphatic carboxylic acids is 1. The summed E-state index contributed by atoms with van der Waals surface area (Å²) >= 11 is 0. The fraction of sp³-hybridized carbons (Fsp3) is 0.903. The Morgan fingerprint density at radius 1 is 0.644 bits per heavy atom. The van der Waals surface area contributed by atoms with E-state index in [1.54, 1.807) is 0 Å². The molecule has 0 bridgehead atoms. The number of rotatable bonds is 25. The van der Waals surface area contributed by atoms with Gasteiger partial charge in [-0.1, -0.05) is 105 Å². The summed E-state index contributed by atoms with van der Waals surface area (Å²) in [4.78, 5) is 32.3. The molecule has 0 spiro atoms. The van der Waals surface area contributed by atoms with Crippen LogP contribution in [-0.2, 0) is 29.0 Å². The maximum atomic E-state index is 11.2. The van der Waals surface area contributed by atoms with Crippen LogP contribution in [0.25, 0.3) is 0 Å². The number of nitrogens with one attached hydrogen (secondary N) is 2. The number of hydrogen-bond acceptors (Lipinski definition) is 9. The Morgan fingerprint density at radius 2 is 1.00 bits per heavy atom. The lowest BCUT2D eigenvalue weighted by Crippen LogP contribution is -2.27. The number of unbranched alkanes of at least 4 members (excludes halogenated alkanes) is 12. The first-order valence-corrected chi connectivity index (χ1v) is 17.6. The first-order chi connectivity index (χ1) is 20.9. The number of carboxylic acids is 1. The molecule has 0 fully saturated rings. The lowest BCUT2D eigenvalue weighted by Gasteiger charge is -2.04. The van der Waals surface area contributed by atoms with Gasteiger partial charge in [-0.05, 0) is 19.3 Å². The maximum absolute atomic E-state index is 11.2. The number of aliphatic hydroxyl groups excluding tert-OH is 2. The zero-order valence-electron chi connectivity index (χ0n) is 27.7. The number of carbonyl (C=O) groups is 3. The summed E-state index contributed by atoms with van der Waals surface area (Å²) < 4.78 is 32.6. The van der Waals surface area contributed by atoms with Crippen molar-refractivity contribution in [2.45, 2.75) is 144 Å². The largest absolute Gasteiger partial charge is 0.481 e. The van der Waals surface area contributed by atoms with Crippen molar-refractivity contribution in [1.82, 2.24) is 10.6 Å². The minimum absolute atomic E-state index is 0. The second-order valence-corrected chi connectivity index (χ2v) is 11.2. The fourth-order valence-corrected chi connectivity index (χ4v) is 3.66. The van der Waals surface area contributed by atoms with Gasteiger partial charge in [0.05, 0.1) is 19.8 Å². The highest BCUT2D eigenvalue weighted by Crippen LogP contribution is 2.06. The first kappa shape index (κ1) is 52.7. The summed E-state index contributed by atoms with van der Waals surface area (Å²) in [7, 11) is -4.40. The Balaban J connectivity index is -0.000000170. The van der Waals surface area contributed by atoms with Crippen molar-refractivity contribution >= 4 is 28.2 Å². The maximum Gasteiger partial charge on any atom is 0.397 e. The van der Waals surface area contributed by atoms with Gasteiger partial charge in [-0.25, -0.2) is 4.18 Å². The Labute approximate surface area is 274 Å². The van der Waals surface area contributed by atoms with Gasteiger partial charge in [-0.3, -0.25) is 18.9 Å². The molecular formula is C31H69N3O10S. The van der Waals surface area contributed by atoms with Gasteiger partial charge in [0.25, 0.3) is 0 Å². The van der Waals surface area contributed by atoms with E-state index in [9.17, 15) is 22.8 Å². The average molecular weight is 676 g/mol. The molecule has 0 saturated heterocycles. The molecule has 0 atom stereocenters. The van der Waals surface area contributed by atoms with Crippen LogP contribution in [0.1, 0.15) is 144 Å². The summed E-state index contributed by atoms with van der Waals surface area (Å²) in [5, 5.41) is 29.6. The van der Waals surface area contributed by atoms with E-state index in [2.05, 4.69) is 35.6 Å². The normalized spacial score (nSPS) is 10.0. The highest BCUT2D eigenvalue weighted by atomic mass is 32.3. The molecule has 0 aliphatic carbocycles. The second kappa shape index (κ2) is 44.3. The molecule has 0 heterocycles. The number of aliphatic hydroxyl groups is 2. The zero-order valence-corrected chi connectivity index (χ0v) is 28.5. The van der Waals surface area contributed by atoms with E-state index in [1.807, 2.05) is 0 Å². The average Bonchev–Trinajstić information content (AvgIpc) is 2.98. The van der Waals surface area contributed by atoms with Gasteiger partial charge >= 0.3 is 16.4 Å². The second-order valence-electron chi connectivity index (χ2n) is 10.1. The molecule has 0 aromatic heterocycles. The van der Waals surface area contributed by atoms with Crippen LogP contribution < -0.4 is 16.4 Å². The minimum Gasteiger partial charge on any atom is -0.481 e. The van der Waals surface area contributed by atoms with Crippen molar-refractivity contribution in [1.29, 1.82) is 0 Å². The lowest BCUT2D eigenvalue weighted by atomic mass is 10.1. The van der Waals surface area contributed by atoms with Crippen molar-refractivity contribution < 1.29 is 46.9 Å². The quantitative estimate of drug-likeness (QED) is 0.0516. The van der Waals surface area contributed by atoms with Crippen LogP contribution in [0.5, 0.6) is 0 Å². The number of amides is 2. The predicted octanol–water partition coefficient (Wildman–Crippen LogP) is 4.74. The number of carbonyl (C=O) groups excluding carboxylic acids is 2. The number of nitrogens with two attached hydrogens (primary N) is 1. The van der Waals surface area contributed by atoms with Crippen LogP contribution in [0.4, 0.5) is 0 Å². The van der Waals surface area contributed by atoms with Gasteiger partial charge in [-0.2, -0.15) is 8.42 Å². The van der Waals surface area contributed by atoms with Crippen LogP contribution in [0.15, 0.2) is 0 Å².